The van der Waals surface area contributed by atoms with Gasteiger partial charge in [-0.05, 0) is 36.1 Å². The molecule has 3 aromatic rings. The second-order valence-electron chi connectivity index (χ2n) is 7.49. The van der Waals surface area contributed by atoms with Gasteiger partial charge in [0.1, 0.15) is 17.0 Å². The summed E-state index contributed by atoms with van der Waals surface area (Å²) in [4.78, 5) is 25.4. The minimum absolute atomic E-state index is 0.0270. The lowest BCUT2D eigenvalue weighted by atomic mass is 10.0. The molecule has 0 unspecified atom stereocenters. The summed E-state index contributed by atoms with van der Waals surface area (Å²) >= 11 is 1.58. The van der Waals surface area contributed by atoms with Crippen LogP contribution in [0.25, 0.3) is 10.2 Å². The Morgan fingerprint density at radius 3 is 2.90 bits per heavy atom. The fraction of sp³-hybridized carbons (Fsp3) is 0.381. The molecule has 0 saturated carbocycles. The Morgan fingerprint density at radius 2 is 2.14 bits per heavy atom. The van der Waals surface area contributed by atoms with Gasteiger partial charge >= 0.3 is 0 Å². The van der Waals surface area contributed by atoms with E-state index in [1.165, 1.54) is 11.9 Å². The van der Waals surface area contributed by atoms with Crippen molar-refractivity contribution in [1.29, 1.82) is 0 Å². The highest BCUT2D eigenvalue weighted by molar-refractivity contribution is 7.19. The van der Waals surface area contributed by atoms with Crippen LogP contribution in [0.3, 0.4) is 0 Å². The van der Waals surface area contributed by atoms with E-state index in [2.05, 4.69) is 23.8 Å². The van der Waals surface area contributed by atoms with Crippen LogP contribution in [0.2, 0.25) is 0 Å². The number of nitrogen functional groups attached to an aromatic ring is 1. The van der Waals surface area contributed by atoms with Crippen LogP contribution in [-0.2, 0) is 13.0 Å². The highest BCUT2D eigenvalue weighted by atomic mass is 32.1. The quantitative estimate of drug-likeness (QED) is 0.690. The third kappa shape index (κ3) is 3.72. The largest absolute Gasteiger partial charge is 0.493 e. The highest BCUT2D eigenvalue weighted by Crippen LogP contribution is 2.37. The molecule has 1 amide bonds. The fourth-order valence-electron chi connectivity index (χ4n) is 3.48. The Balaban J connectivity index is 1.56. The van der Waals surface area contributed by atoms with Crippen molar-refractivity contribution in [2.24, 2.45) is 5.92 Å². The number of rotatable bonds is 5. The van der Waals surface area contributed by atoms with Crippen LogP contribution in [0.4, 0.5) is 5.82 Å². The molecule has 0 fully saturated rings. The van der Waals surface area contributed by atoms with Crippen molar-refractivity contribution in [2.45, 2.75) is 26.8 Å². The Morgan fingerprint density at radius 1 is 1.31 bits per heavy atom. The van der Waals surface area contributed by atoms with Crippen LogP contribution < -0.4 is 15.2 Å². The highest BCUT2D eigenvalue weighted by Gasteiger charge is 2.27. The Labute approximate surface area is 173 Å². The maximum absolute atomic E-state index is 13.1. The number of nitrogens with two attached hydrogens (primary N) is 1. The first-order chi connectivity index (χ1) is 14.0. The van der Waals surface area contributed by atoms with Crippen molar-refractivity contribution in [2.75, 3.05) is 26.0 Å². The van der Waals surface area contributed by atoms with Crippen molar-refractivity contribution in [3.63, 3.8) is 0 Å². The molecule has 0 aliphatic carbocycles. The molecule has 7 nitrogen and oxygen atoms in total. The maximum atomic E-state index is 13.1. The topological polar surface area (TPSA) is 90.6 Å². The number of methoxy groups -OCH3 is 1. The molecule has 3 heterocycles. The zero-order chi connectivity index (χ0) is 20.5. The van der Waals surface area contributed by atoms with Crippen LogP contribution in [0.5, 0.6) is 11.5 Å². The molecule has 152 valence electrons. The number of fused-ring (bicyclic) bond motifs is 3. The van der Waals surface area contributed by atoms with E-state index in [9.17, 15) is 4.79 Å². The van der Waals surface area contributed by atoms with Crippen LogP contribution in [0, 0.1) is 5.92 Å². The van der Waals surface area contributed by atoms with Gasteiger partial charge in [-0.3, -0.25) is 4.79 Å². The number of carbonyl (C=O) groups is 1. The SMILES string of the molecule is COc1cc(C(=O)N2CCc3c(sc4ncnc(N)c34)C2)ccc1OCC(C)C. The number of nitrogens with zero attached hydrogens (tertiary/aromatic N) is 3. The number of hydrogen-bond donors (Lipinski definition) is 1. The second-order valence-corrected chi connectivity index (χ2v) is 8.57. The molecule has 0 bridgehead atoms. The van der Waals surface area contributed by atoms with E-state index in [0.29, 0.717) is 48.5 Å². The molecule has 1 aromatic carbocycles. The lowest BCUT2D eigenvalue weighted by Crippen LogP contribution is -2.35. The van der Waals surface area contributed by atoms with E-state index in [1.807, 2.05) is 4.90 Å². The molecule has 29 heavy (non-hydrogen) atoms. The van der Waals surface area contributed by atoms with E-state index in [1.54, 1.807) is 36.6 Å². The molecule has 0 spiro atoms. The van der Waals surface area contributed by atoms with Crippen molar-refractivity contribution >= 4 is 33.3 Å². The monoisotopic (exact) mass is 412 g/mol. The number of benzene rings is 1. The first-order valence-electron chi connectivity index (χ1n) is 9.58. The molecule has 2 aromatic heterocycles. The Kier molecular flexibility index (Phi) is 5.27. The first-order valence-corrected chi connectivity index (χ1v) is 10.4. The number of thiophene rings is 1. The third-order valence-corrected chi connectivity index (χ3v) is 6.06. The molecule has 1 aliphatic heterocycles. The average molecular weight is 413 g/mol. The molecule has 0 atom stereocenters. The van der Waals surface area contributed by atoms with Crippen molar-refractivity contribution in [3.8, 4) is 11.5 Å². The maximum Gasteiger partial charge on any atom is 0.254 e. The van der Waals surface area contributed by atoms with E-state index in [-0.39, 0.29) is 5.91 Å². The minimum Gasteiger partial charge on any atom is -0.493 e. The van der Waals surface area contributed by atoms with Gasteiger partial charge in [-0.25, -0.2) is 9.97 Å². The molecular weight excluding hydrogens is 388 g/mol. The lowest BCUT2D eigenvalue weighted by Gasteiger charge is -2.27. The molecular formula is C21H24N4O3S. The van der Waals surface area contributed by atoms with Crippen molar-refractivity contribution < 1.29 is 14.3 Å². The number of anilines is 1. The van der Waals surface area contributed by atoms with Gasteiger partial charge in [0.05, 0.1) is 25.6 Å². The van der Waals surface area contributed by atoms with Crippen LogP contribution in [-0.4, -0.2) is 41.0 Å². The number of carbonyl (C=O) groups excluding carboxylic acids is 1. The van der Waals surface area contributed by atoms with Gasteiger partial charge in [0.15, 0.2) is 11.5 Å². The van der Waals surface area contributed by atoms with Crippen LogP contribution in [0.1, 0.15) is 34.6 Å². The average Bonchev–Trinajstić information content (AvgIpc) is 3.10. The van der Waals surface area contributed by atoms with Gasteiger partial charge in [-0.1, -0.05) is 13.8 Å². The summed E-state index contributed by atoms with van der Waals surface area (Å²) in [6.07, 6.45) is 2.23. The van der Waals surface area contributed by atoms with Crippen LogP contribution >= 0.6 is 11.3 Å². The van der Waals surface area contributed by atoms with Crippen molar-refractivity contribution in [3.05, 3.63) is 40.5 Å². The van der Waals surface area contributed by atoms with E-state index < -0.39 is 0 Å². The zero-order valence-corrected chi connectivity index (χ0v) is 17.6. The summed E-state index contributed by atoms with van der Waals surface area (Å²) < 4.78 is 11.2. The second kappa shape index (κ2) is 7.87. The number of ether oxygens (including phenoxy) is 2. The molecule has 1 aliphatic rings. The molecule has 0 radical (unpaired) electrons. The zero-order valence-electron chi connectivity index (χ0n) is 16.8. The van der Waals surface area contributed by atoms with Gasteiger partial charge in [-0.15, -0.1) is 11.3 Å². The minimum atomic E-state index is -0.0270. The summed E-state index contributed by atoms with van der Waals surface area (Å²) in [6, 6.07) is 5.35. The first kappa shape index (κ1) is 19.4. The Bertz CT molecular complexity index is 1060. The normalized spacial score (nSPS) is 13.6. The fourth-order valence-corrected chi connectivity index (χ4v) is 4.70. The van der Waals surface area contributed by atoms with Crippen LogP contribution in [0.15, 0.2) is 24.5 Å². The summed E-state index contributed by atoms with van der Waals surface area (Å²) in [7, 11) is 1.58. The number of hydrogen-bond acceptors (Lipinski definition) is 7. The smallest absolute Gasteiger partial charge is 0.254 e. The summed E-state index contributed by atoms with van der Waals surface area (Å²) in [5.41, 5.74) is 7.80. The predicted molar refractivity (Wildman–Crippen MR) is 114 cm³/mol. The van der Waals surface area contributed by atoms with E-state index in [0.717, 1.165) is 21.5 Å². The number of amides is 1. The predicted octanol–water partition coefficient (Wildman–Crippen LogP) is 3.52. The number of aromatic nitrogens is 2. The molecule has 2 N–H and O–H groups in total. The summed E-state index contributed by atoms with van der Waals surface area (Å²) in [5, 5.41) is 0.938. The summed E-state index contributed by atoms with van der Waals surface area (Å²) in [5.74, 6) is 2.11. The van der Waals surface area contributed by atoms with Gasteiger partial charge in [0.2, 0.25) is 0 Å². The van der Waals surface area contributed by atoms with Gasteiger partial charge in [0, 0.05) is 17.0 Å². The Hall–Kier alpha value is -2.87. The third-order valence-electron chi connectivity index (χ3n) is 4.94. The van der Waals surface area contributed by atoms with E-state index >= 15 is 0 Å². The van der Waals surface area contributed by atoms with Gasteiger partial charge in [-0.2, -0.15) is 0 Å². The van der Waals surface area contributed by atoms with Crippen molar-refractivity contribution in [1.82, 2.24) is 14.9 Å². The lowest BCUT2D eigenvalue weighted by molar-refractivity contribution is 0.0737. The molecule has 4 rings (SSSR count). The summed E-state index contributed by atoms with van der Waals surface area (Å²) in [6.45, 7) is 5.93. The van der Waals surface area contributed by atoms with Gasteiger partial charge < -0.3 is 20.1 Å². The van der Waals surface area contributed by atoms with E-state index in [4.69, 9.17) is 15.2 Å². The molecule has 8 heteroatoms. The molecule has 0 saturated heterocycles. The standard InChI is InChI=1S/C21H24N4O3S/c1-12(2)10-28-15-5-4-13(8-16(15)27-3)21(26)25-7-6-14-17(9-25)29-20-18(14)19(22)23-11-24-20/h4-5,8,11-12H,6-7,9-10H2,1-3H3,(H2,22,23,24). The van der Waals surface area contributed by atoms with Gasteiger partial charge in [0.25, 0.3) is 5.91 Å².